The van der Waals surface area contributed by atoms with E-state index in [1.54, 1.807) is 0 Å². The van der Waals surface area contributed by atoms with Crippen LogP contribution in [0, 0.1) is 0 Å². The van der Waals surface area contributed by atoms with E-state index in [0.717, 1.165) is 19.6 Å². The molecule has 0 saturated carbocycles. The molecule has 94 valence electrons. The van der Waals surface area contributed by atoms with Gasteiger partial charge in [-0.3, -0.25) is 0 Å². The molecular formula is C14H23N3. The van der Waals surface area contributed by atoms with Crippen LogP contribution in [-0.2, 0) is 0 Å². The summed E-state index contributed by atoms with van der Waals surface area (Å²) in [5.74, 6) is 0. The third-order valence-electron chi connectivity index (χ3n) is 3.66. The maximum Gasteiger partial charge on any atom is 0.0604 e. The molecule has 1 aromatic carbocycles. The van der Waals surface area contributed by atoms with Crippen LogP contribution in [0.2, 0.25) is 0 Å². The summed E-state index contributed by atoms with van der Waals surface area (Å²) in [5, 5.41) is 3.30. The van der Waals surface area contributed by atoms with E-state index >= 15 is 0 Å². The first kappa shape index (κ1) is 12.2. The highest BCUT2D eigenvalue weighted by atomic mass is 15.2. The number of hydrogen-bond donors (Lipinski definition) is 1. The van der Waals surface area contributed by atoms with Crippen LogP contribution in [0.15, 0.2) is 24.3 Å². The Kier molecular flexibility index (Phi) is 3.89. The lowest BCUT2D eigenvalue weighted by molar-refractivity contribution is 0.553. The average Bonchev–Trinajstić information content (AvgIpc) is 2.38. The van der Waals surface area contributed by atoms with E-state index in [1.807, 2.05) is 7.05 Å². The van der Waals surface area contributed by atoms with Gasteiger partial charge in [-0.25, -0.2) is 0 Å². The molecule has 0 radical (unpaired) electrons. The molecule has 1 aliphatic rings. The highest BCUT2D eigenvalue weighted by Crippen LogP contribution is 2.31. The molecule has 1 atom stereocenters. The normalized spacial score (nSPS) is 16.9. The summed E-state index contributed by atoms with van der Waals surface area (Å²) in [6, 6.07) is 9.28. The molecule has 1 heterocycles. The van der Waals surface area contributed by atoms with Crippen molar-refractivity contribution in [3.63, 3.8) is 0 Å². The lowest BCUT2D eigenvalue weighted by Gasteiger charge is -2.37. The molecule has 0 bridgehead atoms. The number of nitrogens with zero attached hydrogens (tertiary/aromatic N) is 2. The van der Waals surface area contributed by atoms with Crippen molar-refractivity contribution in [3.8, 4) is 0 Å². The molecule has 1 aliphatic heterocycles. The zero-order valence-electron chi connectivity index (χ0n) is 11.1. The van der Waals surface area contributed by atoms with E-state index in [-0.39, 0.29) is 0 Å². The third-order valence-corrected chi connectivity index (χ3v) is 3.66. The highest BCUT2D eigenvalue weighted by Gasteiger charge is 2.19. The molecule has 0 spiro atoms. The molecule has 3 heteroatoms. The molecule has 0 aliphatic carbocycles. The quantitative estimate of drug-likeness (QED) is 0.857. The number of rotatable bonds is 4. The van der Waals surface area contributed by atoms with Crippen molar-refractivity contribution < 1.29 is 0 Å². The standard InChI is InChI=1S/C14H23N3/c1-12(15-2)8-9-17-11-10-16(3)13-6-4-5-7-14(13)17/h4-7,12,15H,8-11H2,1-3H3. The fourth-order valence-electron chi connectivity index (χ4n) is 2.29. The number of benzene rings is 1. The van der Waals surface area contributed by atoms with Crippen molar-refractivity contribution in [2.24, 2.45) is 0 Å². The third kappa shape index (κ3) is 2.72. The van der Waals surface area contributed by atoms with Crippen molar-refractivity contribution in [3.05, 3.63) is 24.3 Å². The molecule has 1 aromatic rings. The number of likely N-dealkylation sites (N-methyl/N-ethyl adjacent to an activating group) is 1. The minimum Gasteiger partial charge on any atom is -0.371 e. The van der Waals surface area contributed by atoms with Crippen molar-refractivity contribution in [2.75, 3.05) is 43.5 Å². The van der Waals surface area contributed by atoms with Crippen molar-refractivity contribution >= 4 is 11.4 Å². The summed E-state index contributed by atoms with van der Waals surface area (Å²) < 4.78 is 0. The van der Waals surface area contributed by atoms with Crippen LogP contribution in [0.1, 0.15) is 13.3 Å². The molecule has 0 saturated heterocycles. The Bertz CT molecular complexity index is 364. The summed E-state index contributed by atoms with van der Waals surface area (Å²) >= 11 is 0. The largest absolute Gasteiger partial charge is 0.371 e. The minimum atomic E-state index is 0.585. The predicted octanol–water partition coefficient (Wildman–Crippen LogP) is 1.94. The molecule has 3 nitrogen and oxygen atoms in total. The van der Waals surface area contributed by atoms with E-state index in [4.69, 9.17) is 0 Å². The molecular weight excluding hydrogens is 210 g/mol. The summed E-state index contributed by atoms with van der Waals surface area (Å²) in [5.41, 5.74) is 2.74. The number of para-hydroxylation sites is 2. The van der Waals surface area contributed by atoms with Crippen LogP contribution < -0.4 is 15.1 Å². The molecule has 0 fully saturated rings. The number of anilines is 2. The number of fused-ring (bicyclic) bond motifs is 1. The maximum atomic E-state index is 3.30. The topological polar surface area (TPSA) is 18.5 Å². The Balaban J connectivity index is 2.08. The van der Waals surface area contributed by atoms with Gasteiger partial charge in [-0.15, -0.1) is 0 Å². The van der Waals surface area contributed by atoms with E-state index < -0.39 is 0 Å². The Hall–Kier alpha value is -1.22. The van der Waals surface area contributed by atoms with Gasteiger partial charge in [-0.1, -0.05) is 12.1 Å². The van der Waals surface area contributed by atoms with Crippen molar-refractivity contribution in [1.29, 1.82) is 0 Å². The van der Waals surface area contributed by atoms with Gasteiger partial charge in [-0.05, 0) is 32.5 Å². The van der Waals surface area contributed by atoms with Gasteiger partial charge >= 0.3 is 0 Å². The Labute approximate surface area is 104 Å². The summed E-state index contributed by atoms with van der Waals surface area (Å²) in [6.07, 6.45) is 1.19. The first-order valence-electron chi connectivity index (χ1n) is 6.44. The zero-order chi connectivity index (χ0) is 12.3. The molecule has 2 rings (SSSR count). The molecule has 1 N–H and O–H groups in total. The van der Waals surface area contributed by atoms with Gasteiger partial charge in [0, 0.05) is 32.7 Å². The van der Waals surface area contributed by atoms with Gasteiger partial charge < -0.3 is 15.1 Å². The highest BCUT2D eigenvalue weighted by molar-refractivity contribution is 5.72. The van der Waals surface area contributed by atoms with Crippen LogP contribution in [0.25, 0.3) is 0 Å². The summed E-state index contributed by atoms with van der Waals surface area (Å²) in [6.45, 7) is 5.61. The van der Waals surface area contributed by atoms with E-state index in [0.29, 0.717) is 6.04 Å². The first-order chi connectivity index (χ1) is 8.22. The summed E-state index contributed by atoms with van der Waals surface area (Å²) in [7, 11) is 4.20. The van der Waals surface area contributed by atoms with Crippen LogP contribution in [0.3, 0.4) is 0 Å². The average molecular weight is 233 g/mol. The Morgan fingerprint density at radius 3 is 2.65 bits per heavy atom. The minimum absolute atomic E-state index is 0.585. The van der Waals surface area contributed by atoms with Crippen LogP contribution in [-0.4, -0.2) is 39.8 Å². The first-order valence-corrected chi connectivity index (χ1v) is 6.44. The molecule has 0 amide bonds. The van der Waals surface area contributed by atoms with Crippen molar-refractivity contribution in [2.45, 2.75) is 19.4 Å². The predicted molar refractivity (Wildman–Crippen MR) is 75.1 cm³/mol. The summed E-state index contributed by atoms with van der Waals surface area (Å²) in [4.78, 5) is 4.84. The van der Waals surface area contributed by atoms with Gasteiger partial charge in [-0.2, -0.15) is 0 Å². The Morgan fingerprint density at radius 2 is 1.94 bits per heavy atom. The van der Waals surface area contributed by atoms with Crippen LogP contribution in [0.4, 0.5) is 11.4 Å². The van der Waals surface area contributed by atoms with Gasteiger partial charge in [0.2, 0.25) is 0 Å². The molecule has 1 unspecified atom stereocenters. The second kappa shape index (κ2) is 5.41. The van der Waals surface area contributed by atoms with Crippen LogP contribution >= 0.6 is 0 Å². The second-order valence-corrected chi connectivity index (χ2v) is 4.88. The van der Waals surface area contributed by atoms with Gasteiger partial charge in [0.1, 0.15) is 0 Å². The monoisotopic (exact) mass is 233 g/mol. The van der Waals surface area contributed by atoms with Crippen molar-refractivity contribution in [1.82, 2.24) is 5.32 Å². The maximum absolute atomic E-state index is 3.30. The van der Waals surface area contributed by atoms with E-state index in [1.165, 1.54) is 17.8 Å². The van der Waals surface area contributed by atoms with Gasteiger partial charge in [0.25, 0.3) is 0 Å². The van der Waals surface area contributed by atoms with Crippen LogP contribution in [0.5, 0.6) is 0 Å². The fourth-order valence-corrected chi connectivity index (χ4v) is 2.29. The zero-order valence-corrected chi connectivity index (χ0v) is 11.1. The fraction of sp³-hybridized carbons (Fsp3) is 0.571. The lowest BCUT2D eigenvalue weighted by atomic mass is 10.1. The second-order valence-electron chi connectivity index (χ2n) is 4.88. The van der Waals surface area contributed by atoms with Gasteiger partial charge in [0.15, 0.2) is 0 Å². The van der Waals surface area contributed by atoms with Gasteiger partial charge in [0.05, 0.1) is 11.4 Å². The smallest absolute Gasteiger partial charge is 0.0604 e. The molecule has 0 aromatic heterocycles. The number of hydrogen-bond acceptors (Lipinski definition) is 3. The van der Waals surface area contributed by atoms with E-state index in [9.17, 15) is 0 Å². The number of nitrogens with one attached hydrogen (secondary N) is 1. The SMILES string of the molecule is CNC(C)CCN1CCN(C)c2ccccc21. The Morgan fingerprint density at radius 1 is 1.24 bits per heavy atom. The lowest BCUT2D eigenvalue weighted by Crippen LogP contribution is -2.41. The van der Waals surface area contributed by atoms with E-state index in [2.05, 4.69) is 53.4 Å². The molecule has 17 heavy (non-hydrogen) atoms.